The van der Waals surface area contributed by atoms with Crippen molar-refractivity contribution in [3.05, 3.63) is 35.9 Å². The summed E-state index contributed by atoms with van der Waals surface area (Å²) in [4.78, 5) is 0. The number of hydrogen-bond acceptors (Lipinski definition) is 2. The Morgan fingerprint density at radius 3 is 2.29 bits per heavy atom. The van der Waals surface area contributed by atoms with E-state index in [4.69, 9.17) is 10.5 Å². The number of hydrogen-bond donors (Lipinski definition) is 1. The van der Waals surface area contributed by atoms with Crippen molar-refractivity contribution in [2.45, 2.75) is 32.4 Å². The molecule has 0 saturated carbocycles. The van der Waals surface area contributed by atoms with Crippen molar-refractivity contribution in [3.63, 3.8) is 0 Å². The third-order valence-corrected chi connectivity index (χ3v) is 1.92. The summed E-state index contributed by atoms with van der Waals surface area (Å²) in [5.41, 5.74) is 6.98. The molecule has 0 radical (unpaired) electrons. The lowest BCUT2D eigenvalue weighted by Crippen LogP contribution is -2.26. The lowest BCUT2D eigenvalue weighted by molar-refractivity contribution is -0.0102. The van der Waals surface area contributed by atoms with Crippen LogP contribution < -0.4 is 5.73 Å². The third-order valence-electron chi connectivity index (χ3n) is 1.92. The fraction of sp³-hybridized carbons (Fsp3) is 0.500. The molecule has 0 spiro atoms. The molecular weight excluding hydrogens is 174 g/mol. The number of ether oxygens (including phenoxy) is 1. The number of rotatable bonds is 3. The zero-order chi connectivity index (χ0) is 10.6. The summed E-state index contributed by atoms with van der Waals surface area (Å²) in [6, 6.07) is 9.99. The van der Waals surface area contributed by atoms with Crippen LogP contribution >= 0.6 is 0 Å². The molecule has 0 bridgehead atoms. The van der Waals surface area contributed by atoms with Crippen molar-refractivity contribution in [2.24, 2.45) is 5.73 Å². The average Bonchev–Trinajstić information content (AvgIpc) is 2.14. The molecule has 2 heteroatoms. The largest absolute Gasteiger partial charge is 0.374 e. The highest BCUT2D eigenvalue weighted by Gasteiger charge is 2.13. The van der Waals surface area contributed by atoms with Crippen LogP contribution in [0.2, 0.25) is 0 Å². The highest BCUT2D eigenvalue weighted by Crippen LogP contribution is 2.14. The quantitative estimate of drug-likeness (QED) is 0.800. The molecule has 0 fully saturated rings. The van der Waals surface area contributed by atoms with Crippen LogP contribution in [0.1, 0.15) is 32.4 Å². The van der Waals surface area contributed by atoms with Gasteiger partial charge in [0.1, 0.15) is 0 Å². The van der Waals surface area contributed by atoms with Crippen LogP contribution in [0, 0.1) is 0 Å². The van der Waals surface area contributed by atoms with Crippen LogP contribution in [-0.4, -0.2) is 12.2 Å². The number of benzene rings is 1. The van der Waals surface area contributed by atoms with Crippen molar-refractivity contribution in [1.82, 2.24) is 0 Å². The Labute approximate surface area is 86.1 Å². The average molecular weight is 193 g/mol. The minimum Gasteiger partial charge on any atom is -0.374 e. The van der Waals surface area contributed by atoms with Gasteiger partial charge in [-0.2, -0.15) is 0 Å². The normalized spacial score (nSPS) is 14.0. The monoisotopic (exact) mass is 193 g/mol. The molecular formula is C12H19NO. The van der Waals surface area contributed by atoms with Gasteiger partial charge in [-0.05, 0) is 26.3 Å². The van der Waals surface area contributed by atoms with Crippen molar-refractivity contribution < 1.29 is 4.74 Å². The molecule has 14 heavy (non-hydrogen) atoms. The Bertz CT molecular complexity index is 263. The van der Waals surface area contributed by atoms with E-state index in [-0.39, 0.29) is 11.6 Å². The molecule has 0 aliphatic carbocycles. The fourth-order valence-electron chi connectivity index (χ4n) is 1.14. The molecule has 0 amide bonds. The molecule has 1 aromatic carbocycles. The summed E-state index contributed by atoms with van der Waals surface area (Å²) < 4.78 is 5.62. The van der Waals surface area contributed by atoms with Gasteiger partial charge in [-0.1, -0.05) is 30.3 Å². The smallest absolute Gasteiger partial charge is 0.0666 e. The van der Waals surface area contributed by atoms with Gasteiger partial charge in [0.15, 0.2) is 0 Å². The second kappa shape index (κ2) is 4.58. The van der Waals surface area contributed by atoms with E-state index in [1.807, 2.05) is 51.1 Å². The Morgan fingerprint density at radius 1 is 1.21 bits per heavy atom. The lowest BCUT2D eigenvalue weighted by Gasteiger charge is -2.22. The summed E-state index contributed by atoms with van der Waals surface area (Å²) in [7, 11) is 0. The van der Waals surface area contributed by atoms with Crippen molar-refractivity contribution >= 4 is 0 Å². The van der Waals surface area contributed by atoms with E-state index in [0.717, 1.165) is 5.56 Å². The highest BCUT2D eigenvalue weighted by molar-refractivity contribution is 5.18. The van der Waals surface area contributed by atoms with Gasteiger partial charge >= 0.3 is 0 Å². The van der Waals surface area contributed by atoms with Gasteiger partial charge in [0.05, 0.1) is 18.2 Å². The predicted octanol–water partition coefficient (Wildman–Crippen LogP) is 2.50. The maximum atomic E-state index is 5.98. The molecule has 1 atom stereocenters. The van der Waals surface area contributed by atoms with Crippen LogP contribution in [-0.2, 0) is 4.74 Å². The van der Waals surface area contributed by atoms with Crippen LogP contribution in [0.25, 0.3) is 0 Å². The van der Waals surface area contributed by atoms with Crippen LogP contribution in [0.4, 0.5) is 0 Å². The second-order valence-corrected chi connectivity index (χ2v) is 4.44. The van der Waals surface area contributed by atoms with Gasteiger partial charge in [0.2, 0.25) is 0 Å². The van der Waals surface area contributed by atoms with Gasteiger partial charge in [-0.15, -0.1) is 0 Å². The molecule has 0 unspecified atom stereocenters. The zero-order valence-corrected chi connectivity index (χ0v) is 9.16. The van der Waals surface area contributed by atoms with E-state index in [2.05, 4.69) is 0 Å². The first-order chi connectivity index (χ1) is 6.49. The lowest BCUT2D eigenvalue weighted by atomic mass is 10.1. The van der Waals surface area contributed by atoms with E-state index in [1.54, 1.807) is 0 Å². The van der Waals surface area contributed by atoms with E-state index in [9.17, 15) is 0 Å². The van der Waals surface area contributed by atoms with Gasteiger partial charge in [-0.3, -0.25) is 0 Å². The standard InChI is InChI=1S/C12H19NO/c1-12(2,3)14-9-11(13)10-7-5-4-6-8-10/h4-8,11H,9,13H2,1-3H3/t11-/m0/s1. The molecule has 1 rings (SSSR count). The minimum absolute atomic E-state index is 0.0320. The summed E-state index contributed by atoms with van der Waals surface area (Å²) >= 11 is 0. The summed E-state index contributed by atoms with van der Waals surface area (Å²) in [6.45, 7) is 6.66. The van der Waals surface area contributed by atoms with Crippen molar-refractivity contribution in [3.8, 4) is 0 Å². The van der Waals surface area contributed by atoms with Gasteiger partial charge in [0.25, 0.3) is 0 Å². The Kier molecular flexibility index (Phi) is 3.67. The second-order valence-electron chi connectivity index (χ2n) is 4.44. The molecule has 0 aliphatic rings. The van der Waals surface area contributed by atoms with Crippen molar-refractivity contribution in [1.29, 1.82) is 0 Å². The Hall–Kier alpha value is -0.860. The summed E-state index contributed by atoms with van der Waals surface area (Å²) in [5.74, 6) is 0. The topological polar surface area (TPSA) is 35.2 Å². The van der Waals surface area contributed by atoms with E-state index >= 15 is 0 Å². The molecule has 0 aromatic heterocycles. The van der Waals surface area contributed by atoms with E-state index in [1.165, 1.54) is 0 Å². The zero-order valence-electron chi connectivity index (χ0n) is 9.16. The number of nitrogens with two attached hydrogens (primary N) is 1. The van der Waals surface area contributed by atoms with Gasteiger partial charge in [-0.25, -0.2) is 0 Å². The van der Waals surface area contributed by atoms with Crippen LogP contribution in [0.15, 0.2) is 30.3 Å². The van der Waals surface area contributed by atoms with Gasteiger partial charge < -0.3 is 10.5 Å². The molecule has 78 valence electrons. The molecule has 0 heterocycles. The first kappa shape index (κ1) is 11.2. The molecule has 0 saturated heterocycles. The summed E-state index contributed by atoms with van der Waals surface area (Å²) in [6.07, 6.45) is 0. The highest BCUT2D eigenvalue weighted by atomic mass is 16.5. The van der Waals surface area contributed by atoms with E-state index < -0.39 is 0 Å². The predicted molar refractivity (Wildman–Crippen MR) is 59.1 cm³/mol. The Morgan fingerprint density at radius 2 is 1.79 bits per heavy atom. The third kappa shape index (κ3) is 3.90. The van der Waals surface area contributed by atoms with E-state index in [0.29, 0.717) is 6.61 Å². The SMILES string of the molecule is CC(C)(C)OC[C@H](N)c1ccccc1. The maximum Gasteiger partial charge on any atom is 0.0666 e. The first-order valence-corrected chi connectivity index (χ1v) is 4.93. The van der Waals surface area contributed by atoms with Crippen molar-refractivity contribution in [2.75, 3.05) is 6.61 Å². The Balaban J connectivity index is 2.48. The maximum absolute atomic E-state index is 5.98. The summed E-state index contributed by atoms with van der Waals surface area (Å²) in [5, 5.41) is 0. The van der Waals surface area contributed by atoms with Crippen LogP contribution in [0.5, 0.6) is 0 Å². The first-order valence-electron chi connectivity index (χ1n) is 4.93. The van der Waals surface area contributed by atoms with Gasteiger partial charge in [0, 0.05) is 0 Å². The van der Waals surface area contributed by atoms with Crippen LogP contribution in [0.3, 0.4) is 0 Å². The molecule has 0 aliphatic heterocycles. The minimum atomic E-state index is -0.119. The molecule has 1 aromatic rings. The molecule has 2 N–H and O–H groups in total. The molecule has 2 nitrogen and oxygen atoms in total. The fourth-order valence-corrected chi connectivity index (χ4v) is 1.14.